The quantitative estimate of drug-likeness (QED) is 0.517. The highest BCUT2D eigenvalue weighted by atomic mass is 79.9. The topological polar surface area (TPSA) is 81.9 Å². The van der Waals surface area contributed by atoms with Crippen molar-refractivity contribution in [1.82, 2.24) is 9.88 Å². The number of hydrogen-bond acceptors (Lipinski definition) is 6. The predicted molar refractivity (Wildman–Crippen MR) is 94.1 cm³/mol. The summed E-state index contributed by atoms with van der Waals surface area (Å²) in [6, 6.07) is -0.539. The fraction of sp³-hybridized carbons (Fsp3) is 0.667. The molecule has 1 saturated heterocycles. The Balaban J connectivity index is 2.33. The molecule has 0 saturated carbocycles. The Hall–Kier alpha value is -1.19. The average Bonchev–Trinajstić information content (AvgIpc) is 3.17. The number of oxazole rings is 1. The summed E-state index contributed by atoms with van der Waals surface area (Å²) in [6.07, 6.45) is 1.86. The van der Waals surface area contributed by atoms with E-state index in [-0.39, 0.29) is 11.9 Å². The minimum Gasteiger partial charge on any atom is -0.467 e. The van der Waals surface area contributed by atoms with E-state index in [1.165, 1.54) is 7.11 Å². The van der Waals surface area contributed by atoms with Crippen molar-refractivity contribution in [3.63, 3.8) is 0 Å². The maximum atomic E-state index is 13.0. The fourth-order valence-corrected chi connectivity index (χ4v) is 4.24. The predicted octanol–water partition coefficient (Wildman–Crippen LogP) is 1.87. The van der Waals surface area contributed by atoms with E-state index in [4.69, 9.17) is 13.0 Å². The molecule has 0 radical (unpaired) electrons. The summed E-state index contributed by atoms with van der Waals surface area (Å²) >= 11 is 2.90. The molecule has 0 unspecified atom stereocenters. The van der Waals surface area contributed by atoms with E-state index in [2.05, 4.69) is 40.9 Å². The molecule has 1 atom stereocenters. The van der Waals surface area contributed by atoms with Gasteiger partial charge in [0.2, 0.25) is 0 Å². The molecule has 9 heteroatoms. The molecule has 0 aliphatic carbocycles. The Bertz CT molecular complexity index is 613. The van der Waals surface area contributed by atoms with Crippen LogP contribution in [0.4, 0.5) is 0 Å². The Kier molecular flexibility index (Phi) is 6.21. The first-order chi connectivity index (χ1) is 11.3. The lowest BCUT2D eigenvalue weighted by molar-refractivity contribution is -0.145. The smallest absolute Gasteiger partial charge is 0.328 e. The average molecular weight is 419 g/mol. The third-order valence-corrected chi connectivity index (χ3v) is 5.96. The Morgan fingerprint density at radius 2 is 2.12 bits per heavy atom. The number of carbonyl (C=O) groups excluding carboxylic acids is 2. The summed E-state index contributed by atoms with van der Waals surface area (Å²) in [5.41, 5.74) is 0.328. The van der Waals surface area contributed by atoms with E-state index in [9.17, 15) is 9.59 Å². The number of rotatable bonds is 6. The molecule has 1 aromatic heterocycles. The van der Waals surface area contributed by atoms with E-state index in [0.717, 1.165) is 6.42 Å². The van der Waals surface area contributed by atoms with E-state index in [1.807, 2.05) is 0 Å². The van der Waals surface area contributed by atoms with Gasteiger partial charge in [-0.1, -0.05) is 19.6 Å². The largest absolute Gasteiger partial charge is 0.467 e. The lowest BCUT2D eigenvalue weighted by Gasteiger charge is -2.23. The van der Waals surface area contributed by atoms with Gasteiger partial charge in [0, 0.05) is 13.0 Å². The normalized spacial score (nSPS) is 18.0. The van der Waals surface area contributed by atoms with Crippen LogP contribution in [0, 0.1) is 0 Å². The van der Waals surface area contributed by atoms with Crippen molar-refractivity contribution in [2.75, 3.05) is 20.3 Å². The summed E-state index contributed by atoms with van der Waals surface area (Å²) < 4.78 is 15.6. The van der Waals surface area contributed by atoms with Crippen LogP contribution in [0.1, 0.15) is 29.2 Å². The summed E-state index contributed by atoms with van der Waals surface area (Å²) in [5, 5.41) is 0.660. The molecule has 7 nitrogen and oxygen atoms in total. The molecule has 0 spiro atoms. The van der Waals surface area contributed by atoms with Gasteiger partial charge in [0.1, 0.15) is 19.5 Å². The van der Waals surface area contributed by atoms with E-state index >= 15 is 0 Å². The van der Waals surface area contributed by atoms with Crippen molar-refractivity contribution >= 4 is 41.6 Å². The fourth-order valence-electron chi connectivity index (χ4n) is 2.78. The van der Waals surface area contributed by atoms with Gasteiger partial charge in [-0.25, -0.2) is 9.78 Å². The van der Waals surface area contributed by atoms with Gasteiger partial charge in [0.05, 0.1) is 30.0 Å². The van der Waals surface area contributed by atoms with Crippen LogP contribution in [0.15, 0.2) is 4.42 Å². The van der Waals surface area contributed by atoms with Crippen molar-refractivity contribution in [2.45, 2.75) is 44.9 Å². The monoisotopic (exact) mass is 418 g/mol. The molecular weight excluding hydrogens is 396 g/mol. The van der Waals surface area contributed by atoms with E-state index < -0.39 is 14.1 Å². The third-order valence-electron chi connectivity index (χ3n) is 3.94. The highest BCUT2D eigenvalue weighted by Crippen LogP contribution is 2.22. The van der Waals surface area contributed by atoms with Gasteiger partial charge in [0.25, 0.3) is 5.91 Å². The molecule has 0 N–H and O–H groups in total. The zero-order chi connectivity index (χ0) is 17.9. The van der Waals surface area contributed by atoms with Crippen LogP contribution in [0.5, 0.6) is 0 Å². The molecule has 24 heavy (non-hydrogen) atoms. The number of nitrogens with zero attached hydrogens (tertiary/aromatic N) is 2. The maximum absolute atomic E-state index is 13.0. The third kappa shape index (κ3) is 4.07. The number of carbonyl (C=O) groups is 2. The first-order valence-corrected chi connectivity index (χ1v) is 12.1. The van der Waals surface area contributed by atoms with Gasteiger partial charge in [-0.2, -0.15) is 0 Å². The molecule has 1 aromatic rings. The van der Waals surface area contributed by atoms with Crippen LogP contribution in [0.25, 0.3) is 0 Å². The molecule has 1 fully saturated rings. The van der Waals surface area contributed by atoms with Crippen molar-refractivity contribution in [3.8, 4) is 0 Å². The van der Waals surface area contributed by atoms with Crippen LogP contribution in [0.2, 0.25) is 19.6 Å². The second kappa shape index (κ2) is 7.79. The number of halogens is 1. The van der Waals surface area contributed by atoms with Crippen molar-refractivity contribution < 1.29 is 22.6 Å². The Labute approximate surface area is 151 Å². The number of hydrogen-bond donors (Lipinski definition) is 0. The molecule has 2 heterocycles. The Morgan fingerprint density at radius 3 is 2.71 bits per heavy atom. The van der Waals surface area contributed by atoms with Crippen molar-refractivity contribution in [3.05, 3.63) is 11.6 Å². The first-order valence-electron chi connectivity index (χ1n) is 7.92. The van der Waals surface area contributed by atoms with Crippen molar-refractivity contribution in [2.24, 2.45) is 0 Å². The maximum Gasteiger partial charge on any atom is 0.328 e. The zero-order valence-corrected chi connectivity index (χ0v) is 17.0. The number of methoxy groups -OCH3 is 1. The summed E-state index contributed by atoms with van der Waals surface area (Å²) in [5.74, 6) is -0.161. The lowest BCUT2D eigenvalue weighted by Crippen LogP contribution is -2.46. The van der Waals surface area contributed by atoms with Crippen LogP contribution in [-0.4, -0.2) is 56.1 Å². The summed E-state index contributed by atoms with van der Waals surface area (Å²) in [4.78, 5) is 30.9. The molecule has 0 bridgehead atoms. The lowest BCUT2D eigenvalue weighted by atomic mass is 10.2. The Morgan fingerprint density at radius 1 is 1.42 bits per heavy atom. The van der Waals surface area contributed by atoms with Crippen LogP contribution < -0.4 is 5.38 Å². The highest BCUT2D eigenvalue weighted by Gasteiger charge is 2.39. The molecule has 2 rings (SSSR count). The molecule has 0 aromatic carbocycles. The van der Waals surface area contributed by atoms with E-state index in [1.54, 1.807) is 4.90 Å². The van der Waals surface area contributed by atoms with Gasteiger partial charge < -0.3 is 17.9 Å². The summed E-state index contributed by atoms with van der Waals surface area (Å²) in [7, 11) is -0.574. The van der Waals surface area contributed by atoms with Crippen LogP contribution in [-0.2, 0) is 19.8 Å². The van der Waals surface area contributed by atoms with Crippen molar-refractivity contribution in [1.29, 1.82) is 0 Å². The summed E-state index contributed by atoms with van der Waals surface area (Å²) in [6.45, 7) is 7.20. The standard InChI is InChI=1S/C15H23BrN2O5Si/c1-21-14(20)10-6-5-8-18(10)13(19)12-15(24(2,3)4)23-11(17-12)7-9-22-16/h10H,5-9H2,1-4H3/t10-/m1/s1. The van der Waals surface area contributed by atoms with Crippen LogP contribution >= 0.6 is 16.3 Å². The number of likely N-dealkylation sites (tertiary alicyclic amines) is 1. The number of esters is 1. The molecular formula is C15H23BrN2O5Si. The zero-order valence-electron chi connectivity index (χ0n) is 14.4. The minimum atomic E-state index is -1.91. The number of amides is 1. The molecule has 1 amide bonds. The minimum absolute atomic E-state index is 0.255. The highest BCUT2D eigenvalue weighted by molar-refractivity contribution is 9.06. The SMILES string of the molecule is COC(=O)[C@H]1CCCN1C(=O)c1nc(CCOBr)oc1[Si](C)(C)C. The number of aromatic nitrogens is 1. The number of ether oxygens (including phenoxy) is 1. The molecule has 1 aliphatic rings. The first kappa shape index (κ1) is 19.1. The second-order valence-corrected chi connectivity index (χ2v) is 12.2. The van der Waals surface area contributed by atoms with Gasteiger partial charge in [-0.3, -0.25) is 4.79 Å². The molecule has 134 valence electrons. The van der Waals surface area contributed by atoms with Crippen LogP contribution in [0.3, 0.4) is 0 Å². The van der Waals surface area contributed by atoms with E-state index in [0.29, 0.717) is 43.0 Å². The van der Waals surface area contributed by atoms with Gasteiger partial charge in [-0.05, 0) is 12.8 Å². The van der Waals surface area contributed by atoms with Gasteiger partial charge >= 0.3 is 5.97 Å². The molecule has 1 aliphatic heterocycles. The second-order valence-electron chi connectivity index (χ2n) is 6.78. The van der Waals surface area contributed by atoms with Gasteiger partial charge in [0.15, 0.2) is 11.6 Å². The van der Waals surface area contributed by atoms with Gasteiger partial charge in [-0.15, -0.1) is 0 Å².